The number of hydrogen-bond donors (Lipinski definition) is 1. The molecule has 0 bridgehead atoms. The number of morpholine rings is 1. The molecule has 1 saturated heterocycles. The molecule has 0 radical (unpaired) electrons. The summed E-state index contributed by atoms with van der Waals surface area (Å²) in [7, 11) is 2.06. The lowest BCUT2D eigenvalue weighted by atomic mass is 10.1. The van der Waals surface area contributed by atoms with Crippen molar-refractivity contribution >= 4 is 17.2 Å². The Bertz CT molecular complexity index is 1200. The predicted octanol–water partition coefficient (Wildman–Crippen LogP) is 2.33. The van der Waals surface area contributed by atoms with Crippen LogP contribution >= 0.6 is 0 Å². The zero-order chi connectivity index (χ0) is 22.1. The smallest absolute Gasteiger partial charge is 0.228 e. The first-order valence-electron chi connectivity index (χ1n) is 10.7. The zero-order valence-corrected chi connectivity index (χ0v) is 17.8. The summed E-state index contributed by atoms with van der Waals surface area (Å²) in [6.45, 7) is 2.79. The van der Waals surface area contributed by atoms with Gasteiger partial charge in [0.25, 0.3) is 0 Å². The number of anilines is 1. The Morgan fingerprint density at radius 3 is 3.03 bits per heavy atom. The number of fused-ring (bicyclic) bond motifs is 1. The molecular formula is C23H24N6O3. The molecule has 3 aromatic rings. The Kier molecular flexibility index (Phi) is 5.47. The standard InChI is InChI=1S/C23H24N6O3/c1-28-6-7-31-19(13-28)14-32-21-12-25-17(11-24)9-20(21)16-4-5-29-18(8-16)10-22(27-29)26-23(30)15-2-3-15/h4-5,8-10,12,15,19H,2-3,6-7,13-14H2,1H3,(H,26,27,30)/t19-/m1/s1. The number of carbonyl (C=O) groups excluding carboxylic acids is 1. The number of hydrogen-bond acceptors (Lipinski definition) is 7. The number of carbonyl (C=O) groups is 1. The molecule has 9 heteroatoms. The summed E-state index contributed by atoms with van der Waals surface area (Å²) < 4.78 is 13.6. The molecule has 32 heavy (non-hydrogen) atoms. The van der Waals surface area contributed by atoms with Gasteiger partial charge in [0, 0.05) is 36.8 Å². The Morgan fingerprint density at radius 2 is 2.25 bits per heavy atom. The lowest BCUT2D eigenvalue weighted by molar-refractivity contribution is -0.117. The van der Waals surface area contributed by atoms with Gasteiger partial charge in [-0.2, -0.15) is 10.4 Å². The van der Waals surface area contributed by atoms with Crippen molar-refractivity contribution in [3.05, 3.63) is 42.4 Å². The van der Waals surface area contributed by atoms with E-state index in [4.69, 9.17) is 9.47 Å². The molecule has 1 aliphatic carbocycles. The molecule has 0 unspecified atom stereocenters. The van der Waals surface area contributed by atoms with Crippen molar-refractivity contribution in [2.75, 3.05) is 38.7 Å². The van der Waals surface area contributed by atoms with Gasteiger partial charge >= 0.3 is 0 Å². The van der Waals surface area contributed by atoms with Crippen LogP contribution in [-0.2, 0) is 9.53 Å². The van der Waals surface area contributed by atoms with Crippen molar-refractivity contribution in [1.29, 1.82) is 5.26 Å². The highest BCUT2D eigenvalue weighted by Gasteiger charge is 2.30. The van der Waals surface area contributed by atoms with Gasteiger partial charge in [-0.25, -0.2) is 9.50 Å². The monoisotopic (exact) mass is 432 g/mol. The van der Waals surface area contributed by atoms with Gasteiger partial charge in [0.05, 0.1) is 18.3 Å². The second kappa shape index (κ2) is 8.57. The largest absolute Gasteiger partial charge is 0.489 e. The summed E-state index contributed by atoms with van der Waals surface area (Å²) in [6, 6.07) is 9.51. The first-order valence-corrected chi connectivity index (χ1v) is 10.7. The van der Waals surface area contributed by atoms with Crippen LogP contribution in [-0.4, -0.2) is 64.9 Å². The quantitative estimate of drug-likeness (QED) is 0.637. The van der Waals surface area contributed by atoms with E-state index in [2.05, 4.69) is 33.4 Å². The van der Waals surface area contributed by atoms with Crippen LogP contribution in [0.5, 0.6) is 5.75 Å². The molecule has 2 aliphatic rings. The number of pyridine rings is 2. The van der Waals surface area contributed by atoms with Crippen LogP contribution in [0, 0.1) is 17.2 Å². The molecule has 1 amide bonds. The maximum absolute atomic E-state index is 12.1. The highest BCUT2D eigenvalue weighted by molar-refractivity contribution is 5.93. The van der Waals surface area contributed by atoms with Gasteiger partial charge in [-0.05, 0) is 43.7 Å². The van der Waals surface area contributed by atoms with E-state index in [1.165, 1.54) is 0 Å². The lowest BCUT2D eigenvalue weighted by Gasteiger charge is -2.30. The molecule has 1 saturated carbocycles. The van der Waals surface area contributed by atoms with Crippen molar-refractivity contribution in [2.24, 2.45) is 5.92 Å². The number of aromatic nitrogens is 3. The maximum atomic E-state index is 12.1. The number of nitrogens with zero attached hydrogens (tertiary/aromatic N) is 5. The van der Waals surface area contributed by atoms with Gasteiger partial charge in [0.1, 0.15) is 30.2 Å². The number of ether oxygens (including phenoxy) is 2. The predicted molar refractivity (Wildman–Crippen MR) is 117 cm³/mol. The van der Waals surface area contributed by atoms with E-state index in [1.807, 2.05) is 24.4 Å². The maximum Gasteiger partial charge on any atom is 0.228 e. The Morgan fingerprint density at radius 1 is 1.38 bits per heavy atom. The fourth-order valence-electron chi connectivity index (χ4n) is 3.79. The molecule has 5 rings (SSSR count). The second-order valence-corrected chi connectivity index (χ2v) is 8.32. The van der Waals surface area contributed by atoms with Gasteiger partial charge in [0.2, 0.25) is 5.91 Å². The fraction of sp³-hybridized carbons (Fsp3) is 0.391. The SMILES string of the molecule is CN1CCO[C@@H](COc2cnc(C#N)cc2-c2ccn3nc(NC(=O)C4CC4)cc3c2)C1. The first-order chi connectivity index (χ1) is 15.6. The van der Waals surface area contributed by atoms with Crippen LogP contribution in [0.4, 0.5) is 5.82 Å². The summed E-state index contributed by atoms with van der Waals surface area (Å²) >= 11 is 0. The van der Waals surface area contributed by atoms with Gasteiger partial charge < -0.3 is 19.7 Å². The summed E-state index contributed by atoms with van der Waals surface area (Å²) in [4.78, 5) is 18.4. The Balaban J connectivity index is 1.40. The van der Waals surface area contributed by atoms with Crippen molar-refractivity contribution in [2.45, 2.75) is 18.9 Å². The highest BCUT2D eigenvalue weighted by atomic mass is 16.5. The molecule has 1 N–H and O–H groups in total. The molecule has 1 aliphatic heterocycles. The molecule has 0 spiro atoms. The van der Waals surface area contributed by atoms with Crippen molar-refractivity contribution in [3.8, 4) is 22.9 Å². The van der Waals surface area contributed by atoms with Crippen molar-refractivity contribution in [3.63, 3.8) is 0 Å². The fourth-order valence-corrected chi connectivity index (χ4v) is 3.79. The molecule has 164 valence electrons. The first kappa shape index (κ1) is 20.4. The van der Waals surface area contributed by atoms with E-state index in [0.717, 1.165) is 42.6 Å². The second-order valence-electron chi connectivity index (χ2n) is 8.32. The van der Waals surface area contributed by atoms with E-state index < -0.39 is 0 Å². The van der Waals surface area contributed by atoms with Crippen molar-refractivity contribution in [1.82, 2.24) is 19.5 Å². The van der Waals surface area contributed by atoms with Gasteiger partial charge in [-0.3, -0.25) is 4.79 Å². The minimum Gasteiger partial charge on any atom is -0.489 e. The van der Waals surface area contributed by atoms with Gasteiger partial charge in [0.15, 0.2) is 5.82 Å². The third kappa shape index (κ3) is 4.42. The average Bonchev–Trinajstić information content (AvgIpc) is 3.58. The van der Waals surface area contributed by atoms with Crippen LogP contribution < -0.4 is 10.1 Å². The van der Waals surface area contributed by atoms with Crippen LogP contribution in [0.3, 0.4) is 0 Å². The van der Waals surface area contributed by atoms with Crippen molar-refractivity contribution < 1.29 is 14.3 Å². The van der Waals surface area contributed by atoms with Crippen LogP contribution in [0.1, 0.15) is 18.5 Å². The number of likely N-dealkylation sites (N-methyl/N-ethyl adjacent to an activating group) is 1. The number of rotatable bonds is 6. The topological polar surface area (TPSA) is 105 Å². The van der Waals surface area contributed by atoms with Gasteiger partial charge in [-0.1, -0.05) is 0 Å². The molecule has 1 atom stereocenters. The summed E-state index contributed by atoms with van der Waals surface area (Å²) in [6.07, 6.45) is 5.27. The minimum atomic E-state index is -0.0211. The molecule has 9 nitrogen and oxygen atoms in total. The van der Waals surface area contributed by atoms with E-state index in [9.17, 15) is 10.1 Å². The number of nitrogens with one attached hydrogen (secondary N) is 1. The van der Waals surface area contributed by atoms with Gasteiger partial charge in [-0.15, -0.1) is 0 Å². The van der Waals surface area contributed by atoms with E-state index >= 15 is 0 Å². The molecule has 0 aromatic carbocycles. The van der Waals surface area contributed by atoms with E-state index in [1.54, 1.807) is 16.8 Å². The van der Waals surface area contributed by atoms with Crippen LogP contribution in [0.2, 0.25) is 0 Å². The third-order valence-electron chi connectivity index (χ3n) is 5.72. The summed E-state index contributed by atoms with van der Waals surface area (Å²) in [5.41, 5.74) is 2.78. The molecule has 3 aromatic heterocycles. The minimum absolute atomic E-state index is 0.0210. The zero-order valence-electron chi connectivity index (χ0n) is 17.8. The third-order valence-corrected chi connectivity index (χ3v) is 5.72. The van der Waals surface area contributed by atoms with Crippen LogP contribution in [0.15, 0.2) is 36.7 Å². The molecular weight excluding hydrogens is 408 g/mol. The summed E-state index contributed by atoms with van der Waals surface area (Å²) in [5.74, 6) is 1.26. The number of amides is 1. The average molecular weight is 432 g/mol. The van der Waals surface area contributed by atoms with E-state index in [0.29, 0.717) is 30.5 Å². The number of nitriles is 1. The Labute approximate surface area is 185 Å². The lowest BCUT2D eigenvalue weighted by Crippen LogP contribution is -2.42. The van der Waals surface area contributed by atoms with Crippen LogP contribution in [0.25, 0.3) is 16.6 Å². The Hall–Kier alpha value is -3.48. The molecule has 4 heterocycles. The summed E-state index contributed by atoms with van der Waals surface area (Å²) in [5, 5.41) is 16.6. The molecule has 2 fully saturated rings. The highest BCUT2D eigenvalue weighted by Crippen LogP contribution is 2.32. The normalized spacial score (nSPS) is 18.9. The van der Waals surface area contributed by atoms with E-state index in [-0.39, 0.29) is 17.9 Å².